The highest BCUT2D eigenvalue weighted by atomic mass is 35.5. The van der Waals surface area contributed by atoms with Crippen molar-refractivity contribution in [2.75, 3.05) is 5.32 Å². The highest BCUT2D eigenvalue weighted by Crippen LogP contribution is 2.22. The number of aromatic nitrogens is 2. The number of carbonyl (C=O) groups is 2. The Morgan fingerprint density at radius 3 is 2.77 bits per heavy atom. The Morgan fingerprint density at radius 2 is 2.08 bits per heavy atom. The van der Waals surface area contributed by atoms with Gasteiger partial charge in [-0.3, -0.25) is 4.79 Å². The summed E-state index contributed by atoms with van der Waals surface area (Å²) in [7, 11) is 0. The molecule has 0 saturated carbocycles. The van der Waals surface area contributed by atoms with Gasteiger partial charge >= 0.3 is 5.97 Å². The molecule has 2 aromatic heterocycles. The number of nitrogens with one attached hydrogen (secondary N) is 1. The van der Waals surface area contributed by atoms with E-state index < -0.39 is 23.8 Å². The van der Waals surface area contributed by atoms with Gasteiger partial charge in [0.05, 0.1) is 10.7 Å². The number of fused-ring (bicyclic) bond motifs is 1. The highest BCUT2D eigenvalue weighted by Gasteiger charge is 2.22. The number of esters is 1. The van der Waals surface area contributed by atoms with Crippen LogP contribution in [0.4, 0.5) is 10.1 Å². The van der Waals surface area contributed by atoms with Gasteiger partial charge in [0.15, 0.2) is 11.8 Å². The number of aryl methyl sites for hydroxylation is 1. The first-order valence-corrected chi connectivity index (χ1v) is 8.14. The molecule has 1 N–H and O–H groups in total. The van der Waals surface area contributed by atoms with E-state index in [0.29, 0.717) is 5.65 Å². The third-order valence-electron chi connectivity index (χ3n) is 3.75. The summed E-state index contributed by atoms with van der Waals surface area (Å²) in [6, 6.07) is 9.04. The zero-order valence-corrected chi connectivity index (χ0v) is 14.7. The molecule has 0 aliphatic carbocycles. The van der Waals surface area contributed by atoms with Gasteiger partial charge in [0.2, 0.25) is 0 Å². The van der Waals surface area contributed by atoms with Crippen LogP contribution in [-0.4, -0.2) is 27.4 Å². The molecule has 0 bridgehead atoms. The van der Waals surface area contributed by atoms with Crippen LogP contribution in [0.2, 0.25) is 5.02 Å². The van der Waals surface area contributed by atoms with E-state index in [1.165, 1.54) is 13.0 Å². The maximum atomic E-state index is 13.0. The van der Waals surface area contributed by atoms with E-state index in [4.69, 9.17) is 16.3 Å². The van der Waals surface area contributed by atoms with Gasteiger partial charge in [0, 0.05) is 11.9 Å². The molecule has 0 spiro atoms. The van der Waals surface area contributed by atoms with Gasteiger partial charge < -0.3 is 14.5 Å². The Bertz CT molecular complexity index is 1000. The number of amides is 1. The molecule has 134 valence electrons. The van der Waals surface area contributed by atoms with E-state index in [0.717, 1.165) is 17.8 Å². The lowest BCUT2D eigenvalue weighted by Crippen LogP contribution is -2.30. The van der Waals surface area contributed by atoms with Crippen LogP contribution in [0, 0.1) is 12.7 Å². The summed E-state index contributed by atoms with van der Waals surface area (Å²) in [5.74, 6) is -1.83. The first kappa shape index (κ1) is 17.9. The molecule has 3 aromatic rings. The second kappa shape index (κ2) is 7.13. The largest absolute Gasteiger partial charge is 0.448 e. The van der Waals surface area contributed by atoms with Crippen molar-refractivity contribution in [3.05, 3.63) is 64.8 Å². The van der Waals surface area contributed by atoms with Crippen LogP contribution in [-0.2, 0) is 9.53 Å². The zero-order valence-electron chi connectivity index (χ0n) is 14.0. The summed E-state index contributed by atoms with van der Waals surface area (Å²) < 4.78 is 20.0. The fourth-order valence-corrected chi connectivity index (χ4v) is 2.56. The van der Waals surface area contributed by atoms with E-state index in [9.17, 15) is 14.0 Å². The quantitative estimate of drug-likeness (QED) is 0.707. The number of pyridine rings is 1. The molecular formula is C18H15ClFN3O3. The molecule has 1 amide bonds. The van der Waals surface area contributed by atoms with Crippen molar-refractivity contribution in [1.82, 2.24) is 9.38 Å². The summed E-state index contributed by atoms with van der Waals surface area (Å²) in [6.45, 7) is 3.30. The summed E-state index contributed by atoms with van der Waals surface area (Å²) in [5.41, 5.74) is 1.83. The van der Waals surface area contributed by atoms with Crippen molar-refractivity contribution >= 4 is 34.8 Å². The van der Waals surface area contributed by atoms with E-state index in [2.05, 4.69) is 10.3 Å². The highest BCUT2D eigenvalue weighted by molar-refractivity contribution is 6.33. The molecule has 3 rings (SSSR count). The van der Waals surface area contributed by atoms with Crippen molar-refractivity contribution in [2.45, 2.75) is 20.0 Å². The molecule has 0 aliphatic heterocycles. The number of hydrogen-bond acceptors (Lipinski definition) is 4. The fraction of sp³-hybridized carbons (Fsp3) is 0.167. The average Bonchev–Trinajstić information content (AvgIpc) is 3.03. The minimum Gasteiger partial charge on any atom is -0.448 e. The van der Waals surface area contributed by atoms with Crippen molar-refractivity contribution in [3.63, 3.8) is 0 Å². The number of nitrogens with zero attached hydrogens (tertiary/aromatic N) is 2. The first-order chi connectivity index (χ1) is 12.3. The molecule has 8 heteroatoms. The predicted octanol–water partition coefficient (Wildman–Crippen LogP) is 3.62. The normalized spacial score (nSPS) is 12.0. The van der Waals surface area contributed by atoms with Gasteiger partial charge in [-0.25, -0.2) is 14.2 Å². The first-order valence-electron chi connectivity index (χ1n) is 7.77. The van der Waals surface area contributed by atoms with Crippen LogP contribution < -0.4 is 5.32 Å². The van der Waals surface area contributed by atoms with Crippen LogP contribution >= 0.6 is 11.6 Å². The molecule has 26 heavy (non-hydrogen) atoms. The zero-order chi connectivity index (χ0) is 18.8. The number of benzene rings is 1. The smallest absolute Gasteiger partial charge is 0.359 e. The minimum atomic E-state index is -1.09. The predicted molar refractivity (Wildman–Crippen MR) is 94.8 cm³/mol. The SMILES string of the molecule is Cc1cccc2nc(C(=O)OC(C)C(=O)Nc3ccc(F)cc3Cl)cn12. The lowest BCUT2D eigenvalue weighted by atomic mass is 10.3. The number of anilines is 1. The Morgan fingerprint density at radius 1 is 1.31 bits per heavy atom. The van der Waals surface area contributed by atoms with Crippen LogP contribution in [0.3, 0.4) is 0 Å². The topological polar surface area (TPSA) is 72.7 Å². The molecule has 1 unspecified atom stereocenters. The molecular weight excluding hydrogens is 361 g/mol. The Balaban J connectivity index is 1.69. The standard InChI is InChI=1S/C18H15ClFN3O3/c1-10-4-3-5-16-21-15(9-23(10)16)18(25)26-11(2)17(24)22-14-7-6-12(20)8-13(14)19/h3-9,11H,1-2H3,(H,22,24). The molecule has 0 radical (unpaired) electrons. The molecule has 1 atom stereocenters. The molecule has 2 heterocycles. The number of halogens is 2. The van der Waals surface area contributed by atoms with E-state index in [-0.39, 0.29) is 16.4 Å². The van der Waals surface area contributed by atoms with Crippen LogP contribution in [0.15, 0.2) is 42.6 Å². The van der Waals surface area contributed by atoms with Crippen LogP contribution in [0.5, 0.6) is 0 Å². The molecule has 6 nitrogen and oxygen atoms in total. The average molecular weight is 376 g/mol. The van der Waals surface area contributed by atoms with Gasteiger partial charge in [0.25, 0.3) is 5.91 Å². The van der Waals surface area contributed by atoms with Crippen molar-refractivity contribution in [3.8, 4) is 0 Å². The summed E-state index contributed by atoms with van der Waals surface area (Å²) >= 11 is 5.86. The van der Waals surface area contributed by atoms with Gasteiger partial charge in [-0.2, -0.15) is 0 Å². The van der Waals surface area contributed by atoms with Gasteiger partial charge in [-0.05, 0) is 44.2 Å². The minimum absolute atomic E-state index is 0.0488. The number of ether oxygens (including phenoxy) is 1. The van der Waals surface area contributed by atoms with Crippen LogP contribution in [0.25, 0.3) is 5.65 Å². The number of carbonyl (C=O) groups excluding carboxylic acids is 2. The van der Waals surface area contributed by atoms with Gasteiger partial charge in [-0.15, -0.1) is 0 Å². The summed E-state index contributed by atoms with van der Waals surface area (Å²) in [4.78, 5) is 28.6. The molecule has 0 aliphatic rings. The lowest BCUT2D eigenvalue weighted by Gasteiger charge is -2.13. The monoisotopic (exact) mass is 375 g/mol. The fourth-order valence-electron chi connectivity index (χ4n) is 2.35. The molecule has 0 fully saturated rings. The second-order valence-electron chi connectivity index (χ2n) is 5.68. The lowest BCUT2D eigenvalue weighted by molar-refractivity contribution is -0.123. The third-order valence-corrected chi connectivity index (χ3v) is 4.06. The van der Waals surface area contributed by atoms with E-state index >= 15 is 0 Å². The number of rotatable bonds is 4. The maximum absolute atomic E-state index is 13.0. The van der Waals surface area contributed by atoms with Crippen molar-refractivity contribution in [2.24, 2.45) is 0 Å². The van der Waals surface area contributed by atoms with Crippen molar-refractivity contribution in [1.29, 1.82) is 0 Å². The van der Waals surface area contributed by atoms with Gasteiger partial charge in [-0.1, -0.05) is 17.7 Å². The van der Waals surface area contributed by atoms with E-state index in [1.54, 1.807) is 16.7 Å². The maximum Gasteiger partial charge on any atom is 0.359 e. The summed E-state index contributed by atoms with van der Waals surface area (Å²) in [6.07, 6.45) is 0.462. The van der Waals surface area contributed by atoms with Crippen LogP contribution in [0.1, 0.15) is 23.1 Å². The third kappa shape index (κ3) is 3.67. The van der Waals surface area contributed by atoms with Crippen molar-refractivity contribution < 1.29 is 18.7 Å². The molecule has 1 aromatic carbocycles. The second-order valence-corrected chi connectivity index (χ2v) is 6.09. The van der Waals surface area contributed by atoms with Gasteiger partial charge in [0.1, 0.15) is 11.5 Å². The number of hydrogen-bond donors (Lipinski definition) is 1. The Labute approximate surface area is 153 Å². The summed E-state index contributed by atoms with van der Waals surface area (Å²) in [5, 5.41) is 2.54. The molecule has 0 saturated heterocycles. The van der Waals surface area contributed by atoms with E-state index in [1.807, 2.05) is 19.1 Å². The Kier molecular flexibility index (Phi) is 4.90. The number of imidazole rings is 1. The Hall–Kier alpha value is -2.93.